The number of methoxy groups -OCH3 is 1. The van der Waals surface area contributed by atoms with Crippen molar-refractivity contribution in [3.05, 3.63) is 47.7 Å². The molecule has 1 aliphatic heterocycles. The lowest BCUT2D eigenvalue weighted by atomic mass is 10.1. The van der Waals surface area contributed by atoms with Crippen molar-refractivity contribution in [2.75, 3.05) is 20.2 Å². The van der Waals surface area contributed by atoms with Crippen molar-refractivity contribution in [2.45, 2.75) is 32.5 Å². The van der Waals surface area contributed by atoms with Gasteiger partial charge in [-0.2, -0.15) is 0 Å². The highest BCUT2D eigenvalue weighted by atomic mass is 16.5. The van der Waals surface area contributed by atoms with Crippen LogP contribution in [0, 0.1) is 6.92 Å². The summed E-state index contributed by atoms with van der Waals surface area (Å²) in [6.45, 7) is 3.88. The molecule has 0 aromatic carbocycles. The maximum atomic E-state index is 12.4. The van der Waals surface area contributed by atoms with Crippen molar-refractivity contribution >= 4 is 11.8 Å². The number of ether oxygens (including phenoxy) is 1. The normalized spacial score (nSPS) is 17.4. The molecule has 0 bridgehead atoms. The van der Waals surface area contributed by atoms with Crippen LogP contribution < -0.4 is 15.4 Å². The second-order valence-electron chi connectivity index (χ2n) is 6.46. The van der Waals surface area contributed by atoms with Crippen molar-refractivity contribution in [3.8, 4) is 5.75 Å². The van der Waals surface area contributed by atoms with E-state index < -0.39 is 6.04 Å². The zero-order valence-corrected chi connectivity index (χ0v) is 15.5. The van der Waals surface area contributed by atoms with Crippen molar-refractivity contribution in [2.24, 2.45) is 0 Å². The van der Waals surface area contributed by atoms with Crippen LogP contribution in [0.2, 0.25) is 0 Å². The Morgan fingerprint density at radius 3 is 3.04 bits per heavy atom. The number of furan rings is 1. The third-order valence-electron chi connectivity index (χ3n) is 4.47. The van der Waals surface area contributed by atoms with Gasteiger partial charge in [-0.3, -0.25) is 19.5 Å². The molecule has 2 aromatic heterocycles. The third kappa shape index (κ3) is 5.07. The van der Waals surface area contributed by atoms with E-state index in [0.717, 1.165) is 11.5 Å². The minimum absolute atomic E-state index is 0.0789. The van der Waals surface area contributed by atoms with Crippen molar-refractivity contribution in [1.82, 2.24) is 20.5 Å². The summed E-state index contributed by atoms with van der Waals surface area (Å²) in [5.74, 6) is 1.95. The Balaban J connectivity index is 1.58. The predicted octanol–water partition coefficient (Wildman–Crippen LogP) is 0.999. The molecular formula is C19H24N4O4. The molecule has 0 radical (unpaired) electrons. The summed E-state index contributed by atoms with van der Waals surface area (Å²) in [6.07, 6.45) is 1.71. The topological polar surface area (TPSA) is 96.7 Å². The summed E-state index contributed by atoms with van der Waals surface area (Å²) in [5, 5.41) is 5.65. The van der Waals surface area contributed by atoms with Gasteiger partial charge in [0.25, 0.3) is 0 Å². The molecule has 3 heterocycles. The molecule has 0 saturated carbocycles. The van der Waals surface area contributed by atoms with Gasteiger partial charge in [-0.1, -0.05) is 0 Å². The van der Waals surface area contributed by atoms with Crippen LogP contribution >= 0.6 is 0 Å². The number of rotatable bonds is 7. The minimum Gasteiger partial charge on any atom is -0.497 e. The maximum absolute atomic E-state index is 12.4. The Morgan fingerprint density at radius 2 is 2.30 bits per heavy atom. The zero-order chi connectivity index (χ0) is 19.2. The number of pyridine rings is 1. The van der Waals surface area contributed by atoms with Crippen LogP contribution in [0.15, 0.2) is 34.9 Å². The number of hydrogen-bond acceptors (Lipinski definition) is 6. The lowest BCUT2D eigenvalue weighted by Crippen LogP contribution is -2.56. The van der Waals surface area contributed by atoms with Gasteiger partial charge in [-0.15, -0.1) is 0 Å². The minimum atomic E-state index is -0.526. The Kier molecular flexibility index (Phi) is 6.08. The van der Waals surface area contributed by atoms with Crippen LogP contribution in [0.4, 0.5) is 0 Å². The molecule has 8 nitrogen and oxygen atoms in total. The van der Waals surface area contributed by atoms with Crippen LogP contribution in [0.25, 0.3) is 0 Å². The zero-order valence-electron chi connectivity index (χ0n) is 15.5. The number of piperazine rings is 1. The summed E-state index contributed by atoms with van der Waals surface area (Å²) in [4.78, 5) is 30.9. The molecule has 0 unspecified atom stereocenters. The van der Waals surface area contributed by atoms with Gasteiger partial charge in [0, 0.05) is 25.4 Å². The molecule has 144 valence electrons. The van der Waals surface area contributed by atoms with Gasteiger partial charge in [0.05, 0.1) is 38.4 Å². The van der Waals surface area contributed by atoms with Crippen LogP contribution in [0.5, 0.6) is 5.75 Å². The fourth-order valence-electron chi connectivity index (χ4n) is 3.06. The first-order chi connectivity index (χ1) is 13.0. The van der Waals surface area contributed by atoms with Crippen molar-refractivity contribution < 1.29 is 18.7 Å². The Hall–Kier alpha value is -2.87. The first kappa shape index (κ1) is 18.9. The highest BCUT2D eigenvalue weighted by Crippen LogP contribution is 2.16. The fraction of sp³-hybridized carbons (Fsp3) is 0.421. The SMILES string of the molecule is COc1ccnc(CNC(=O)C[C@H]2C(=O)NCCN2Cc2ccc(C)o2)c1. The molecule has 1 atom stereocenters. The van der Waals surface area contributed by atoms with Gasteiger partial charge in [0.2, 0.25) is 11.8 Å². The summed E-state index contributed by atoms with van der Waals surface area (Å²) in [7, 11) is 1.58. The first-order valence-electron chi connectivity index (χ1n) is 8.88. The quantitative estimate of drug-likeness (QED) is 0.753. The summed E-state index contributed by atoms with van der Waals surface area (Å²) in [6, 6.07) is 6.77. The summed E-state index contributed by atoms with van der Waals surface area (Å²) < 4.78 is 10.8. The van der Waals surface area contributed by atoms with E-state index in [0.29, 0.717) is 31.1 Å². The fourth-order valence-corrected chi connectivity index (χ4v) is 3.06. The molecule has 2 N–H and O–H groups in total. The van der Waals surface area contributed by atoms with E-state index >= 15 is 0 Å². The number of aryl methyl sites for hydroxylation is 1. The molecule has 0 spiro atoms. The lowest BCUT2D eigenvalue weighted by molar-refractivity contribution is -0.134. The van der Waals surface area contributed by atoms with Gasteiger partial charge in [-0.25, -0.2) is 0 Å². The number of carbonyl (C=O) groups is 2. The highest BCUT2D eigenvalue weighted by Gasteiger charge is 2.32. The van der Waals surface area contributed by atoms with Gasteiger partial charge in [-0.05, 0) is 25.1 Å². The molecule has 0 aliphatic carbocycles. The standard InChI is InChI=1S/C19H24N4O4/c1-13-3-4-16(27-13)12-23-8-7-21-19(25)17(23)10-18(24)22-11-14-9-15(26-2)5-6-20-14/h3-6,9,17H,7-8,10-12H2,1-2H3,(H,21,25)(H,22,24)/t17-/m0/s1. The highest BCUT2D eigenvalue weighted by molar-refractivity contribution is 5.88. The first-order valence-corrected chi connectivity index (χ1v) is 8.88. The number of hydrogen-bond donors (Lipinski definition) is 2. The lowest BCUT2D eigenvalue weighted by Gasteiger charge is -2.34. The van der Waals surface area contributed by atoms with Crippen molar-refractivity contribution in [1.29, 1.82) is 0 Å². The number of nitrogens with zero attached hydrogens (tertiary/aromatic N) is 2. The molecule has 8 heteroatoms. The smallest absolute Gasteiger partial charge is 0.237 e. The molecule has 2 aromatic rings. The molecule has 1 fully saturated rings. The van der Waals surface area contributed by atoms with Gasteiger partial charge >= 0.3 is 0 Å². The predicted molar refractivity (Wildman–Crippen MR) is 97.9 cm³/mol. The van der Waals surface area contributed by atoms with Crippen LogP contribution in [-0.4, -0.2) is 47.9 Å². The molecule has 2 amide bonds. The Labute approximate surface area is 157 Å². The van der Waals surface area contributed by atoms with Crippen LogP contribution in [-0.2, 0) is 22.7 Å². The number of carbonyl (C=O) groups excluding carboxylic acids is 2. The number of aromatic nitrogens is 1. The number of amides is 2. The van der Waals surface area contributed by atoms with E-state index in [1.165, 1.54) is 0 Å². The Morgan fingerprint density at radius 1 is 1.44 bits per heavy atom. The van der Waals surface area contributed by atoms with E-state index in [1.807, 2.05) is 24.0 Å². The van der Waals surface area contributed by atoms with Gasteiger partial charge in [0.1, 0.15) is 17.3 Å². The molecule has 3 rings (SSSR count). The molecule has 1 saturated heterocycles. The Bertz CT molecular complexity index is 805. The monoisotopic (exact) mass is 372 g/mol. The van der Waals surface area contributed by atoms with Gasteiger partial charge < -0.3 is 19.8 Å². The van der Waals surface area contributed by atoms with E-state index in [2.05, 4.69) is 15.6 Å². The largest absolute Gasteiger partial charge is 0.497 e. The van der Waals surface area contributed by atoms with Gasteiger partial charge in [0.15, 0.2) is 0 Å². The van der Waals surface area contributed by atoms with E-state index in [4.69, 9.17) is 9.15 Å². The number of nitrogens with one attached hydrogen (secondary N) is 2. The average molecular weight is 372 g/mol. The van der Waals surface area contributed by atoms with E-state index in [-0.39, 0.29) is 24.8 Å². The summed E-state index contributed by atoms with van der Waals surface area (Å²) >= 11 is 0. The van der Waals surface area contributed by atoms with Crippen LogP contribution in [0.1, 0.15) is 23.6 Å². The second kappa shape index (κ2) is 8.68. The summed E-state index contributed by atoms with van der Waals surface area (Å²) in [5.41, 5.74) is 0.693. The molecule has 27 heavy (non-hydrogen) atoms. The second-order valence-corrected chi connectivity index (χ2v) is 6.46. The van der Waals surface area contributed by atoms with E-state index in [9.17, 15) is 9.59 Å². The molecule has 1 aliphatic rings. The van der Waals surface area contributed by atoms with Crippen molar-refractivity contribution in [3.63, 3.8) is 0 Å². The van der Waals surface area contributed by atoms with E-state index in [1.54, 1.807) is 25.4 Å². The average Bonchev–Trinajstić information content (AvgIpc) is 3.08. The van der Waals surface area contributed by atoms with Crippen LogP contribution in [0.3, 0.4) is 0 Å². The third-order valence-corrected chi connectivity index (χ3v) is 4.47. The maximum Gasteiger partial charge on any atom is 0.237 e. The molecular weight excluding hydrogens is 348 g/mol.